The third kappa shape index (κ3) is 6.81. The van der Waals surface area contributed by atoms with E-state index in [4.69, 9.17) is 9.47 Å². The van der Waals surface area contributed by atoms with Gasteiger partial charge in [-0.1, -0.05) is 49.9 Å². The number of alkyl halides is 3. The van der Waals surface area contributed by atoms with Crippen molar-refractivity contribution in [3.05, 3.63) is 90.1 Å². The van der Waals surface area contributed by atoms with Gasteiger partial charge in [-0.15, -0.1) is 0 Å². The molecule has 7 nitrogen and oxygen atoms in total. The second kappa shape index (κ2) is 12.5. The molecule has 212 valence electrons. The fraction of sp³-hybridized carbons (Fsp3) is 0.333. The van der Waals surface area contributed by atoms with Crippen LogP contribution in [0.25, 0.3) is 16.6 Å². The van der Waals surface area contributed by atoms with Gasteiger partial charge in [-0.25, -0.2) is 4.68 Å². The molecule has 0 saturated carbocycles. The Labute approximate surface area is 231 Å². The van der Waals surface area contributed by atoms with Crippen LogP contribution < -0.4 is 10.1 Å². The Hall–Kier alpha value is -3.89. The van der Waals surface area contributed by atoms with Gasteiger partial charge in [0.25, 0.3) is 0 Å². The smallest absolute Gasteiger partial charge is 0.471 e. The molecule has 1 N–H and O–H groups in total. The number of rotatable bonds is 8. The lowest BCUT2D eigenvalue weighted by Crippen LogP contribution is -2.45. The fourth-order valence-corrected chi connectivity index (χ4v) is 4.66. The molecule has 2 heterocycles. The third-order valence-corrected chi connectivity index (χ3v) is 6.69. The van der Waals surface area contributed by atoms with Crippen LogP contribution in [-0.4, -0.2) is 59.1 Å². The Balaban J connectivity index is 0.00000370. The SMILES string of the molecule is C.C[C@H](NC(=O)C(F)(F)F)[C@H](Oc1ccc2c(cnn2-c2ccc(CN3CCOCC3)cc2)c1)c1ccccc1. The van der Waals surface area contributed by atoms with E-state index in [1.165, 1.54) is 12.5 Å². The van der Waals surface area contributed by atoms with Crippen LogP contribution in [0.3, 0.4) is 0 Å². The summed E-state index contributed by atoms with van der Waals surface area (Å²) < 4.78 is 52.0. The van der Waals surface area contributed by atoms with Gasteiger partial charge in [0.1, 0.15) is 11.9 Å². The van der Waals surface area contributed by atoms with Gasteiger partial charge in [-0.2, -0.15) is 18.3 Å². The number of fused-ring (bicyclic) bond motifs is 1. The molecule has 2 atom stereocenters. The van der Waals surface area contributed by atoms with E-state index in [1.54, 1.807) is 48.7 Å². The predicted octanol–water partition coefficient (Wildman–Crippen LogP) is 5.68. The van der Waals surface area contributed by atoms with Crippen LogP contribution in [0.4, 0.5) is 13.2 Å². The number of nitrogens with one attached hydrogen (secondary N) is 1. The summed E-state index contributed by atoms with van der Waals surface area (Å²) in [6.07, 6.45) is -4.11. The van der Waals surface area contributed by atoms with Crippen LogP contribution >= 0.6 is 0 Å². The first-order valence-electron chi connectivity index (χ1n) is 12.7. The largest absolute Gasteiger partial charge is 0.484 e. The van der Waals surface area contributed by atoms with E-state index in [0.717, 1.165) is 49.4 Å². The highest BCUT2D eigenvalue weighted by atomic mass is 19.4. The lowest BCUT2D eigenvalue weighted by Gasteiger charge is -2.27. The summed E-state index contributed by atoms with van der Waals surface area (Å²) in [6.45, 7) is 5.73. The molecule has 0 radical (unpaired) electrons. The van der Waals surface area contributed by atoms with Gasteiger partial charge in [0.2, 0.25) is 0 Å². The van der Waals surface area contributed by atoms with Gasteiger partial charge in [0, 0.05) is 25.0 Å². The van der Waals surface area contributed by atoms with Crippen LogP contribution in [-0.2, 0) is 16.1 Å². The molecule has 0 spiro atoms. The molecule has 0 unspecified atom stereocenters. The van der Waals surface area contributed by atoms with Crippen molar-refractivity contribution in [3.8, 4) is 11.4 Å². The molecule has 4 aromatic rings. The summed E-state index contributed by atoms with van der Waals surface area (Å²) >= 11 is 0. The molecular formula is C30H33F3N4O3. The molecule has 1 amide bonds. The Bertz CT molecular complexity index is 1400. The maximum Gasteiger partial charge on any atom is 0.471 e. The van der Waals surface area contributed by atoms with Crippen molar-refractivity contribution in [1.29, 1.82) is 0 Å². The lowest BCUT2D eigenvalue weighted by molar-refractivity contribution is -0.174. The molecule has 1 aliphatic rings. The third-order valence-electron chi connectivity index (χ3n) is 6.69. The zero-order valence-corrected chi connectivity index (χ0v) is 21.4. The fourth-order valence-electron chi connectivity index (χ4n) is 4.66. The number of benzene rings is 3. The molecule has 0 aliphatic carbocycles. The maximum atomic E-state index is 12.9. The summed E-state index contributed by atoms with van der Waals surface area (Å²) in [6, 6.07) is 21.5. The molecule has 5 rings (SSSR count). The highest BCUT2D eigenvalue weighted by Gasteiger charge is 2.40. The summed E-state index contributed by atoms with van der Waals surface area (Å²) in [5.41, 5.74) is 3.62. The van der Waals surface area contributed by atoms with Crippen LogP contribution in [0.5, 0.6) is 5.75 Å². The first kappa shape index (κ1) is 29.1. The number of hydrogen-bond acceptors (Lipinski definition) is 5. The van der Waals surface area contributed by atoms with E-state index in [1.807, 2.05) is 28.2 Å². The van der Waals surface area contributed by atoms with E-state index < -0.39 is 24.2 Å². The van der Waals surface area contributed by atoms with E-state index in [2.05, 4.69) is 22.1 Å². The first-order valence-corrected chi connectivity index (χ1v) is 12.7. The average molecular weight is 555 g/mol. The van der Waals surface area contributed by atoms with Gasteiger partial charge >= 0.3 is 12.1 Å². The van der Waals surface area contributed by atoms with Crippen molar-refractivity contribution in [2.45, 2.75) is 39.2 Å². The molecule has 1 saturated heterocycles. The number of ether oxygens (including phenoxy) is 2. The number of nitrogens with zero attached hydrogens (tertiary/aromatic N) is 3. The predicted molar refractivity (Wildman–Crippen MR) is 147 cm³/mol. The minimum absolute atomic E-state index is 0. The van der Waals surface area contributed by atoms with Crippen LogP contribution in [0, 0.1) is 0 Å². The Kier molecular flexibility index (Phi) is 9.11. The lowest BCUT2D eigenvalue weighted by atomic mass is 10.0. The van der Waals surface area contributed by atoms with Crippen LogP contribution in [0.1, 0.15) is 31.6 Å². The zero-order valence-electron chi connectivity index (χ0n) is 21.4. The number of aromatic nitrogens is 2. The molecule has 1 aliphatic heterocycles. The number of halogens is 3. The average Bonchev–Trinajstić information content (AvgIpc) is 3.36. The van der Waals surface area contributed by atoms with E-state index in [-0.39, 0.29) is 7.43 Å². The first-order chi connectivity index (χ1) is 18.8. The molecule has 3 aromatic carbocycles. The van der Waals surface area contributed by atoms with Crippen molar-refractivity contribution in [2.75, 3.05) is 26.3 Å². The van der Waals surface area contributed by atoms with E-state index >= 15 is 0 Å². The van der Waals surface area contributed by atoms with Gasteiger partial charge < -0.3 is 14.8 Å². The highest BCUT2D eigenvalue weighted by molar-refractivity contribution is 5.82. The molecule has 1 aromatic heterocycles. The van der Waals surface area contributed by atoms with Crippen molar-refractivity contribution in [3.63, 3.8) is 0 Å². The molecule has 1 fully saturated rings. The number of carbonyl (C=O) groups excluding carboxylic acids is 1. The summed E-state index contributed by atoms with van der Waals surface area (Å²) in [4.78, 5) is 13.9. The van der Waals surface area contributed by atoms with E-state index in [0.29, 0.717) is 11.3 Å². The van der Waals surface area contributed by atoms with Crippen LogP contribution in [0.2, 0.25) is 0 Å². The zero-order chi connectivity index (χ0) is 27.4. The van der Waals surface area contributed by atoms with Crippen molar-refractivity contribution in [2.24, 2.45) is 0 Å². The second-order valence-corrected chi connectivity index (χ2v) is 9.54. The van der Waals surface area contributed by atoms with Gasteiger partial charge in [0.15, 0.2) is 0 Å². The van der Waals surface area contributed by atoms with Gasteiger partial charge in [-0.05, 0) is 48.4 Å². The van der Waals surface area contributed by atoms with Gasteiger partial charge in [0.05, 0.1) is 36.7 Å². The number of carbonyl (C=O) groups is 1. The van der Waals surface area contributed by atoms with Crippen molar-refractivity contribution >= 4 is 16.8 Å². The normalized spacial score (nSPS) is 15.7. The Morgan fingerprint density at radius 2 is 1.75 bits per heavy atom. The maximum absolute atomic E-state index is 12.9. The van der Waals surface area contributed by atoms with Gasteiger partial charge in [-0.3, -0.25) is 9.69 Å². The molecular weight excluding hydrogens is 521 g/mol. The number of morpholine rings is 1. The molecule has 0 bridgehead atoms. The summed E-state index contributed by atoms with van der Waals surface area (Å²) in [5.74, 6) is -1.56. The standard InChI is InChI=1S/C29H29F3N4O3.CH4/c1-20(34-28(37)29(30,31)32)27(22-5-3-2-4-6-22)39-25-11-12-26-23(17-25)18-33-36(26)24-9-7-21(8-10-24)19-35-13-15-38-16-14-35;/h2-12,17-18,20,27H,13-16,19H2,1H3,(H,34,37);1H4/t20-,27-;/m0./s1. The monoisotopic (exact) mass is 554 g/mol. The van der Waals surface area contributed by atoms with Crippen molar-refractivity contribution < 1.29 is 27.4 Å². The molecule has 10 heteroatoms. The summed E-state index contributed by atoms with van der Waals surface area (Å²) in [7, 11) is 0. The summed E-state index contributed by atoms with van der Waals surface area (Å²) in [5, 5.41) is 7.37. The minimum atomic E-state index is -4.98. The minimum Gasteiger partial charge on any atom is -0.484 e. The Morgan fingerprint density at radius 3 is 2.42 bits per heavy atom. The van der Waals surface area contributed by atoms with Crippen molar-refractivity contribution in [1.82, 2.24) is 20.0 Å². The van der Waals surface area contributed by atoms with E-state index in [9.17, 15) is 18.0 Å². The number of amides is 1. The highest BCUT2D eigenvalue weighted by Crippen LogP contribution is 2.29. The quantitative estimate of drug-likeness (QED) is 0.304. The van der Waals surface area contributed by atoms with Crippen LogP contribution in [0.15, 0.2) is 79.0 Å². The molecule has 40 heavy (non-hydrogen) atoms. The second-order valence-electron chi connectivity index (χ2n) is 9.54. The number of hydrogen-bond donors (Lipinski definition) is 1. The Morgan fingerprint density at radius 1 is 1.05 bits per heavy atom. The topological polar surface area (TPSA) is 68.6 Å².